The minimum Gasteiger partial charge on any atom is -0.494 e. The van der Waals surface area contributed by atoms with Crippen LogP contribution in [0.15, 0.2) is 53.6 Å². The van der Waals surface area contributed by atoms with Crippen LogP contribution in [0, 0.1) is 4.77 Å². The van der Waals surface area contributed by atoms with Gasteiger partial charge in [-0.15, -0.1) is 0 Å². The lowest BCUT2D eigenvalue weighted by atomic mass is 10.2. The van der Waals surface area contributed by atoms with Crippen molar-refractivity contribution in [1.82, 2.24) is 14.9 Å². The lowest BCUT2D eigenvalue weighted by molar-refractivity contribution is 0.340. The Bertz CT molecular complexity index is 915. The molecule has 0 fully saturated rings. The molecule has 3 rings (SSSR count). The van der Waals surface area contributed by atoms with E-state index in [0.29, 0.717) is 22.2 Å². The molecule has 1 N–H and O–H groups in total. The number of hydrogen-bond acceptors (Lipinski definition) is 4. The molecule has 122 valence electrons. The summed E-state index contributed by atoms with van der Waals surface area (Å²) in [7, 11) is 0. The number of halogens is 1. The van der Waals surface area contributed by atoms with Gasteiger partial charge in [0.15, 0.2) is 5.82 Å². The Morgan fingerprint density at radius 3 is 2.71 bits per heavy atom. The van der Waals surface area contributed by atoms with Crippen molar-refractivity contribution >= 4 is 30.0 Å². The highest BCUT2D eigenvalue weighted by Crippen LogP contribution is 2.25. The minimum absolute atomic E-state index is 0.395. The molecule has 0 radical (unpaired) electrons. The topological polar surface area (TPSA) is 55.2 Å². The monoisotopic (exact) mass is 358 g/mol. The first-order valence-electron chi connectivity index (χ1n) is 7.38. The van der Waals surface area contributed by atoms with Crippen LogP contribution in [-0.4, -0.2) is 27.7 Å². The summed E-state index contributed by atoms with van der Waals surface area (Å²) in [6, 6.07) is 15.1. The first-order chi connectivity index (χ1) is 11.7. The molecule has 0 amide bonds. The van der Waals surface area contributed by atoms with Gasteiger partial charge in [-0.05, 0) is 61.1 Å². The third kappa shape index (κ3) is 3.55. The van der Waals surface area contributed by atoms with Crippen molar-refractivity contribution < 1.29 is 4.74 Å². The normalized spacial score (nSPS) is 11.1. The van der Waals surface area contributed by atoms with Gasteiger partial charge in [0.2, 0.25) is 4.77 Å². The van der Waals surface area contributed by atoms with Gasteiger partial charge in [-0.25, -0.2) is 5.10 Å². The molecule has 0 saturated heterocycles. The number of hydrogen-bond donors (Lipinski definition) is 1. The van der Waals surface area contributed by atoms with Crippen LogP contribution in [0.4, 0.5) is 0 Å². The third-order valence-corrected chi connectivity index (χ3v) is 3.87. The molecule has 0 bridgehead atoms. The van der Waals surface area contributed by atoms with E-state index in [1.807, 2.05) is 49.4 Å². The highest BCUT2D eigenvalue weighted by molar-refractivity contribution is 7.71. The Hall–Kier alpha value is -2.44. The number of nitrogens with zero attached hydrogens (tertiary/aromatic N) is 3. The minimum atomic E-state index is 0.395. The van der Waals surface area contributed by atoms with Crippen molar-refractivity contribution in [3.63, 3.8) is 0 Å². The molecule has 0 aliphatic rings. The molecule has 1 aromatic heterocycles. The van der Waals surface area contributed by atoms with Gasteiger partial charge in [0.25, 0.3) is 0 Å². The third-order valence-electron chi connectivity index (χ3n) is 3.28. The van der Waals surface area contributed by atoms with Gasteiger partial charge < -0.3 is 4.74 Å². The zero-order chi connectivity index (χ0) is 16.9. The largest absolute Gasteiger partial charge is 0.494 e. The van der Waals surface area contributed by atoms with Gasteiger partial charge in [-0.2, -0.15) is 14.9 Å². The lowest BCUT2D eigenvalue weighted by Gasteiger charge is -2.04. The Labute approximate surface area is 149 Å². The molecule has 7 heteroatoms. The van der Waals surface area contributed by atoms with Gasteiger partial charge in [0.05, 0.1) is 17.8 Å². The first-order valence-corrected chi connectivity index (χ1v) is 8.17. The van der Waals surface area contributed by atoms with Crippen molar-refractivity contribution in [1.29, 1.82) is 0 Å². The molecule has 3 aromatic rings. The molecule has 24 heavy (non-hydrogen) atoms. The number of nitrogens with one attached hydrogen (secondary N) is 1. The highest BCUT2D eigenvalue weighted by Gasteiger charge is 2.11. The van der Waals surface area contributed by atoms with E-state index in [4.69, 9.17) is 28.6 Å². The summed E-state index contributed by atoms with van der Waals surface area (Å²) in [5.74, 6) is 1.39. The van der Waals surface area contributed by atoms with E-state index >= 15 is 0 Å². The fraction of sp³-hybridized carbons (Fsp3) is 0.118. The van der Waals surface area contributed by atoms with E-state index in [1.54, 1.807) is 17.0 Å². The molecule has 5 nitrogen and oxygen atoms in total. The van der Waals surface area contributed by atoms with Gasteiger partial charge in [0.1, 0.15) is 5.75 Å². The quantitative estimate of drug-likeness (QED) is 0.538. The second-order valence-electron chi connectivity index (χ2n) is 4.89. The molecule has 0 spiro atoms. The Kier molecular flexibility index (Phi) is 5.08. The van der Waals surface area contributed by atoms with E-state index in [9.17, 15) is 0 Å². The molecule has 2 aromatic carbocycles. The SMILES string of the molecule is CCOc1ccc(/C=N\n2c(-c3ccccc3Cl)n[nH]c2=S)cc1. The molecule has 1 heterocycles. The first kappa shape index (κ1) is 16.4. The Balaban J connectivity index is 1.92. The van der Waals surface area contributed by atoms with Crippen molar-refractivity contribution in [2.45, 2.75) is 6.92 Å². The Morgan fingerprint density at radius 1 is 1.25 bits per heavy atom. The predicted octanol–water partition coefficient (Wildman–Crippen LogP) is 4.54. The van der Waals surface area contributed by atoms with E-state index in [1.165, 1.54) is 0 Å². The molecular formula is C17H15ClN4OS. The fourth-order valence-electron chi connectivity index (χ4n) is 2.16. The zero-order valence-corrected chi connectivity index (χ0v) is 14.5. The maximum Gasteiger partial charge on any atom is 0.216 e. The molecule has 0 saturated carbocycles. The summed E-state index contributed by atoms with van der Waals surface area (Å²) < 4.78 is 7.37. The van der Waals surface area contributed by atoms with Crippen LogP contribution in [0.3, 0.4) is 0 Å². The summed E-state index contributed by atoms with van der Waals surface area (Å²) >= 11 is 11.5. The number of aromatic nitrogens is 3. The summed E-state index contributed by atoms with van der Waals surface area (Å²) in [6.07, 6.45) is 1.71. The summed E-state index contributed by atoms with van der Waals surface area (Å²) in [4.78, 5) is 0. The second-order valence-corrected chi connectivity index (χ2v) is 5.68. The highest BCUT2D eigenvalue weighted by atomic mass is 35.5. The molecule has 0 unspecified atom stereocenters. The number of ether oxygens (including phenoxy) is 1. The molecule has 0 aliphatic heterocycles. The number of aromatic amines is 1. The average molecular weight is 359 g/mol. The zero-order valence-electron chi connectivity index (χ0n) is 12.9. The maximum absolute atomic E-state index is 6.24. The van der Waals surface area contributed by atoms with Crippen LogP contribution < -0.4 is 4.74 Å². The van der Waals surface area contributed by atoms with Crippen molar-refractivity contribution in [3.8, 4) is 17.1 Å². The van der Waals surface area contributed by atoms with E-state index < -0.39 is 0 Å². The number of benzene rings is 2. The van der Waals surface area contributed by atoms with Crippen LogP contribution in [0.1, 0.15) is 12.5 Å². The average Bonchev–Trinajstić information content (AvgIpc) is 2.96. The van der Waals surface area contributed by atoms with Gasteiger partial charge in [-0.1, -0.05) is 23.7 Å². The summed E-state index contributed by atoms with van der Waals surface area (Å²) in [5, 5.41) is 12.0. The molecule has 0 aliphatic carbocycles. The van der Waals surface area contributed by atoms with Crippen LogP contribution in [-0.2, 0) is 0 Å². The van der Waals surface area contributed by atoms with Gasteiger partial charge >= 0.3 is 0 Å². The fourth-order valence-corrected chi connectivity index (χ4v) is 2.56. The number of rotatable bonds is 5. The number of H-pyrrole nitrogens is 1. The summed E-state index contributed by atoms with van der Waals surface area (Å²) in [5.41, 5.74) is 1.68. The second kappa shape index (κ2) is 7.42. The van der Waals surface area contributed by atoms with E-state index in [2.05, 4.69) is 15.3 Å². The van der Waals surface area contributed by atoms with Gasteiger partial charge in [-0.3, -0.25) is 0 Å². The summed E-state index contributed by atoms with van der Waals surface area (Å²) in [6.45, 7) is 2.59. The Morgan fingerprint density at radius 2 is 2.00 bits per heavy atom. The van der Waals surface area contributed by atoms with Crippen molar-refractivity contribution in [2.24, 2.45) is 5.10 Å². The molecule has 0 atom stereocenters. The van der Waals surface area contributed by atoms with Crippen LogP contribution in [0.25, 0.3) is 11.4 Å². The standard InChI is InChI=1S/C17H15ClN4OS/c1-2-23-13-9-7-12(8-10-13)11-19-22-16(20-21-17(22)24)14-5-3-4-6-15(14)18/h3-11H,2H2,1H3,(H,21,24)/b19-11-. The lowest BCUT2D eigenvalue weighted by Crippen LogP contribution is -1.96. The maximum atomic E-state index is 6.24. The van der Waals surface area contributed by atoms with Gasteiger partial charge in [0, 0.05) is 5.56 Å². The smallest absolute Gasteiger partial charge is 0.216 e. The van der Waals surface area contributed by atoms with Crippen LogP contribution in [0.2, 0.25) is 5.02 Å². The predicted molar refractivity (Wildman–Crippen MR) is 98.5 cm³/mol. The van der Waals surface area contributed by atoms with E-state index in [-0.39, 0.29) is 0 Å². The molecular weight excluding hydrogens is 344 g/mol. The van der Waals surface area contributed by atoms with Crippen LogP contribution in [0.5, 0.6) is 5.75 Å². The van der Waals surface area contributed by atoms with Crippen LogP contribution >= 0.6 is 23.8 Å². The van der Waals surface area contributed by atoms with Crippen molar-refractivity contribution in [3.05, 3.63) is 63.9 Å². The van der Waals surface area contributed by atoms with Crippen molar-refractivity contribution in [2.75, 3.05) is 6.61 Å². The van der Waals surface area contributed by atoms with E-state index in [0.717, 1.165) is 16.9 Å².